The Morgan fingerprint density at radius 1 is 0.966 bits per heavy atom. The van der Waals surface area contributed by atoms with Crippen molar-refractivity contribution in [3.8, 4) is 5.75 Å². The number of aromatic nitrogens is 2. The fourth-order valence-electron chi connectivity index (χ4n) is 2.98. The van der Waals surface area contributed by atoms with Crippen molar-refractivity contribution in [2.75, 3.05) is 10.6 Å². The minimum absolute atomic E-state index is 0.0371. The molecule has 0 aliphatic rings. The van der Waals surface area contributed by atoms with E-state index in [0.717, 1.165) is 22.5 Å². The molecule has 0 bridgehead atoms. The van der Waals surface area contributed by atoms with Crippen LogP contribution >= 0.6 is 0 Å². The van der Waals surface area contributed by atoms with Crippen molar-refractivity contribution >= 4 is 23.2 Å². The van der Waals surface area contributed by atoms with Gasteiger partial charge in [-0.05, 0) is 63.9 Å². The molecule has 3 rings (SSSR count). The molecule has 2 aromatic carbocycles. The zero-order valence-corrected chi connectivity index (χ0v) is 17.4. The van der Waals surface area contributed by atoms with Gasteiger partial charge < -0.3 is 15.4 Å². The van der Waals surface area contributed by atoms with Crippen LogP contribution in [0.2, 0.25) is 0 Å². The first-order valence-electron chi connectivity index (χ1n) is 9.59. The number of nitrogens with one attached hydrogen (secondary N) is 2. The molecule has 29 heavy (non-hydrogen) atoms. The van der Waals surface area contributed by atoms with Crippen LogP contribution in [-0.2, 0) is 0 Å². The molecule has 0 atom stereocenters. The highest BCUT2D eigenvalue weighted by Crippen LogP contribution is 2.27. The molecule has 150 valence electrons. The van der Waals surface area contributed by atoms with Gasteiger partial charge in [-0.15, -0.1) is 0 Å². The number of carbonyl (C=O) groups excluding carboxylic acids is 1. The van der Waals surface area contributed by atoms with Gasteiger partial charge in [0.15, 0.2) is 0 Å². The molecule has 0 fully saturated rings. The predicted octanol–water partition coefficient (Wildman–Crippen LogP) is 5.18. The summed E-state index contributed by atoms with van der Waals surface area (Å²) in [5.74, 6) is 0.772. The number of benzene rings is 2. The molecule has 1 heterocycles. The standard InChI is InChI=1S/C23H26N4O2/c1-14(2)29-20-12-7-6-11-18(20)25-23-24-17(5)13-19(26-23)22(28)27-21-15(3)9-8-10-16(21)4/h6-14H,1-5H3,(H,27,28)(H,24,25,26). The van der Waals surface area contributed by atoms with E-state index >= 15 is 0 Å². The molecule has 3 aromatic rings. The number of hydrogen-bond acceptors (Lipinski definition) is 5. The number of aryl methyl sites for hydroxylation is 3. The lowest BCUT2D eigenvalue weighted by Gasteiger charge is -2.15. The molecule has 0 aliphatic heterocycles. The first-order chi connectivity index (χ1) is 13.8. The summed E-state index contributed by atoms with van der Waals surface area (Å²) in [5, 5.41) is 6.14. The monoisotopic (exact) mass is 390 g/mol. The molecule has 0 aliphatic carbocycles. The molecule has 0 saturated heterocycles. The summed E-state index contributed by atoms with van der Waals surface area (Å²) in [6.45, 7) is 9.70. The van der Waals surface area contributed by atoms with Gasteiger partial charge in [0, 0.05) is 11.4 Å². The van der Waals surface area contributed by atoms with Crippen LogP contribution in [0, 0.1) is 20.8 Å². The second-order valence-corrected chi connectivity index (χ2v) is 7.23. The molecule has 1 aromatic heterocycles. The smallest absolute Gasteiger partial charge is 0.274 e. The average molecular weight is 390 g/mol. The largest absolute Gasteiger partial charge is 0.489 e. The van der Waals surface area contributed by atoms with E-state index in [0.29, 0.717) is 23.1 Å². The summed E-state index contributed by atoms with van der Waals surface area (Å²) in [5.41, 5.74) is 4.54. The van der Waals surface area contributed by atoms with Crippen molar-refractivity contribution in [2.45, 2.75) is 40.7 Å². The average Bonchev–Trinajstić information content (AvgIpc) is 2.65. The van der Waals surface area contributed by atoms with Crippen LogP contribution in [0.3, 0.4) is 0 Å². The van der Waals surface area contributed by atoms with Gasteiger partial charge in [-0.3, -0.25) is 4.79 Å². The van der Waals surface area contributed by atoms with Gasteiger partial charge in [0.1, 0.15) is 11.4 Å². The second-order valence-electron chi connectivity index (χ2n) is 7.23. The topological polar surface area (TPSA) is 76.1 Å². The third kappa shape index (κ3) is 5.10. The Kier molecular flexibility index (Phi) is 6.12. The van der Waals surface area contributed by atoms with Gasteiger partial charge in [-0.1, -0.05) is 30.3 Å². The van der Waals surface area contributed by atoms with E-state index in [4.69, 9.17) is 4.74 Å². The van der Waals surface area contributed by atoms with E-state index in [-0.39, 0.29) is 12.0 Å². The van der Waals surface area contributed by atoms with E-state index in [9.17, 15) is 4.79 Å². The van der Waals surface area contributed by atoms with E-state index in [1.54, 1.807) is 6.07 Å². The maximum atomic E-state index is 12.8. The van der Waals surface area contributed by atoms with Crippen LogP contribution in [0.1, 0.15) is 41.2 Å². The lowest BCUT2D eigenvalue weighted by molar-refractivity contribution is 0.102. The quantitative estimate of drug-likeness (QED) is 0.606. The van der Waals surface area contributed by atoms with Crippen molar-refractivity contribution in [1.29, 1.82) is 0 Å². The number of para-hydroxylation sites is 3. The SMILES string of the molecule is Cc1cc(C(=O)Nc2c(C)cccc2C)nc(Nc2ccccc2OC(C)C)n1. The number of ether oxygens (including phenoxy) is 1. The normalized spacial score (nSPS) is 10.7. The van der Waals surface area contributed by atoms with Crippen LogP contribution in [-0.4, -0.2) is 22.0 Å². The Balaban J connectivity index is 1.86. The molecule has 0 unspecified atom stereocenters. The lowest BCUT2D eigenvalue weighted by atomic mass is 10.1. The number of rotatable bonds is 6. The summed E-state index contributed by atoms with van der Waals surface area (Å²) in [4.78, 5) is 21.7. The highest BCUT2D eigenvalue weighted by molar-refractivity contribution is 6.04. The predicted molar refractivity (Wildman–Crippen MR) is 116 cm³/mol. The van der Waals surface area contributed by atoms with Gasteiger partial charge in [0.05, 0.1) is 11.8 Å². The summed E-state index contributed by atoms with van der Waals surface area (Å²) < 4.78 is 5.83. The number of carbonyl (C=O) groups is 1. The van der Waals surface area contributed by atoms with Crippen LogP contribution in [0.5, 0.6) is 5.75 Å². The first-order valence-corrected chi connectivity index (χ1v) is 9.59. The number of anilines is 3. The first kappa shape index (κ1) is 20.3. The van der Waals surface area contributed by atoms with E-state index in [2.05, 4.69) is 20.6 Å². The molecular formula is C23H26N4O2. The van der Waals surface area contributed by atoms with E-state index < -0.39 is 0 Å². The molecular weight excluding hydrogens is 364 g/mol. The Bertz CT molecular complexity index is 1010. The fraction of sp³-hybridized carbons (Fsp3) is 0.261. The van der Waals surface area contributed by atoms with Gasteiger partial charge in [0.25, 0.3) is 5.91 Å². The Labute approximate surface area is 171 Å². The van der Waals surface area contributed by atoms with Crippen molar-refractivity contribution in [2.24, 2.45) is 0 Å². The summed E-state index contributed by atoms with van der Waals surface area (Å²) in [7, 11) is 0. The van der Waals surface area contributed by atoms with Gasteiger partial charge in [-0.2, -0.15) is 0 Å². The molecule has 0 saturated carbocycles. The van der Waals surface area contributed by atoms with Gasteiger partial charge >= 0.3 is 0 Å². The van der Waals surface area contributed by atoms with Gasteiger partial charge in [0.2, 0.25) is 5.95 Å². The Hall–Kier alpha value is -3.41. The molecule has 1 amide bonds. The van der Waals surface area contributed by atoms with Crippen molar-refractivity contribution in [3.05, 3.63) is 71.0 Å². The van der Waals surface area contributed by atoms with Crippen LogP contribution in [0.25, 0.3) is 0 Å². The lowest BCUT2D eigenvalue weighted by Crippen LogP contribution is -2.17. The highest BCUT2D eigenvalue weighted by Gasteiger charge is 2.14. The molecule has 0 spiro atoms. The van der Waals surface area contributed by atoms with Gasteiger partial charge in [-0.25, -0.2) is 9.97 Å². The third-order valence-electron chi connectivity index (χ3n) is 4.30. The van der Waals surface area contributed by atoms with Crippen molar-refractivity contribution in [3.63, 3.8) is 0 Å². The Morgan fingerprint density at radius 3 is 2.34 bits per heavy atom. The minimum Gasteiger partial charge on any atom is -0.489 e. The molecule has 6 heteroatoms. The van der Waals surface area contributed by atoms with Crippen LogP contribution in [0.15, 0.2) is 48.5 Å². The maximum absolute atomic E-state index is 12.8. The highest BCUT2D eigenvalue weighted by atomic mass is 16.5. The van der Waals surface area contributed by atoms with E-state index in [1.165, 1.54) is 0 Å². The van der Waals surface area contributed by atoms with Crippen molar-refractivity contribution < 1.29 is 9.53 Å². The number of amides is 1. The Morgan fingerprint density at radius 2 is 1.66 bits per heavy atom. The zero-order valence-electron chi connectivity index (χ0n) is 17.4. The number of nitrogens with zero attached hydrogens (tertiary/aromatic N) is 2. The van der Waals surface area contributed by atoms with E-state index in [1.807, 2.05) is 77.1 Å². The molecule has 6 nitrogen and oxygen atoms in total. The summed E-state index contributed by atoms with van der Waals surface area (Å²) in [6.07, 6.45) is 0.0371. The summed E-state index contributed by atoms with van der Waals surface area (Å²) >= 11 is 0. The van der Waals surface area contributed by atoms with Crippen molar-refractivity contribution in [1.82, 2.24) is 9.97 Å². The third-order valence-corrected chi connectivity index (χ3v) is 4.30. The molecule has 0 radical (unpaired) electrons. The number of hydrogen-bond donors (Lipinski definition) is 2. The second kappa shape index (κ2) is 8.73. The van der Waals surface area contributed by atoms with Crippen LogP contribution < -0.4 is 15.4 Å². The minimum atomic E-state index is -0.275. The molecule has 2 N–H and O–H groups in total. The van der Waals surface area contributed by atoms with Crippen LogP contribution in [0.4, 0.5) is 17.3 Å². The fourth-order valence-corrected chi connectivity index (χ4v) is 2.98. The summed E-state index contributed by atoms with van der Waals surface area (Å²) in [6, 6.07) is 15.1. The maximum Gasteiger partial charge on any atom is 0.274 e. The zero-order chi connectivity index (χ0) is 21.0.